The maximum atomic E-state index is 12.9. The zero-order valence-corrected chi connectivity index (χ0v) is 19.4. The molecule has 1 amide bonds. The van der Waals surface area contributed by atoms with Crippen LogP contribution in [0.3, 0.4) is 0 Å². The van der Waals surface area contributed by atoms with Crippen molar-refractivity contribution in [2.45, 2.75) is 95.1 Å². The monoisotopic (exact) mass is 435 g/mol. The first kappa shape index (κ1) is 21.7. The second-order valence-electron chi connectivity index (χ2n) is 10.1. The van der Waals surface area contributed by atoms with Crippen LogP contribution in [-0.4, -0.2) is 44.7 Å². The van der Waals surface area contributed by atoms with E-state index < -0.39 is 23.8 Å². The SMILES string of the molecule is CC(=O)O[C@@H]1N(C(C)=O)[C@H](SC23CC4CC(CC(C4)C2)C3)C(C)=C[C@@]1(C)OC(C)=O. The molecule has 1 heterocycles. The fourth-order valence-corrected chi connectivity index (χ4v) is 8.92. The average molecular weight is 436 g/mol. The Labute approximate surface area is 183 Å². The van der Waals surface area contributed by atoms with Gasteiger partial charge in [0.25, 0.3) is 0 Å². The highest BCUT2D eigenvalue weighted by atomic mass is 32.2. The van der Waals surface area contributed by atoms with Crippen LogP contribution in [0.5, 0.6) is 0 Å². The molecule has 0 unspecified atom stereocenters. The molecule has 3 atom stereocenters. The summed E-state index contributed by atoms with van der Waals surface area (Å²) < 4.78 is 11.4. The molecule has 0 radical (unpaired) electrons. The van der Waals surface area contributed by atoms with Crippen LogP contribution in [-0.2, 0) is 23.9 Å². The molecule has 6 nitrogen and oxygen atoms in total. The highest BCUT2D eigenvalue weighted by Gasteiger charge is 2.56. The summed E-state index contributed by atoms with van der Waals surface area (Å²) in [5.41, 5.74) is -0.246. The first-order valence-electron chi connectivity index (χ1n) is 11.0. The van der Waals surface area contributed by atoms with Crippen molar-refractivity contribution in [2.24, 2.45) is 17.8 Å². The van der Waals surface area contributed by atoms with Gasteiger partial charge in [0.1, 0.15) is 5.37 Å². The van der Waals surface area contributed by atoms with Gasteiger partial charge >= 0.3 is 11.9 Å². The molecule has 5 rings (SSSR count). The lowest BCUT2D eigenvalue weighted by Crippen LogP contribution is -2.62. The zero-order chi connectivity index (χ0) is 21.8. The van der Waals surface area contributed by atoms with Gasteiger partial charge in [-0.3, -0.25) is 19.3 Å². The lowest BCUT2D eigenvalue weighted by molar-refractivity contribution is -0.200. The van der Waals surface area contributed by atoms with Crippen molar-refractivity contribution in [3.63, 3.8) is 0 Å². The number of carbonyl (C=O) groups excluding carboxylic acids is 3. The van der Waals surface area contributed by atoms with Crippen LogP contribution in [0.15, 0.2) is 11.6 Å². The number of carbonyl (C=O) groups is 3. The van der Waals surface area contributed by atoms with Crippen molar-refractivity contribution >= 4 is 29.6 Å². The number of hydrogen-bond donors (Lipinski definition) is 0. The molecule has 0 aromatic rings. The molecule has 4 bridgehead atoms. The predicted octanol–water partition coefficient (Wildman–Crippen LogP) is 4.03. The Balaban J connectivity index is 1.69. The van der Waals surface area contributed by atoms with Gasteiger partial charge in [-0.25, -0.2) is 0 Å². The third-order valence-corrected chi connectivity index (χ3v) is 9.07. The van der Waals surface area contributed by atoms with Crippen molar-refractivity contribution in [1.29, 1.82) is 0 Å². The van der Waals surface area contributed by atoms with Gasteiger partial charge in [-0.05, 0) is 81.8 Å². The van der Waals surface area contributed by atoms with Gasteiger partial charge in [0, 0.05) is 25.5 Å². The summed E-state index contributed by atoms with van der Waals surface area (Å²) in [4.78, 5) is 38.2. The first-order valence-corrected chi connectivity index (χ1v) is 11.9. The molecule has 166 valence electrons. The average Bonchev–Trinajstić information content (AvgIpc) is 2.56. The summed E-state index contributed by atoms with van der Waals surface area (Å²) in [6.45, 7) is 7.83. The molecule has 4 aliphatic carbocycles. The van der Waals surface area contributed by atoms with Crippen LogP contribution in [0.4, 0.5) is 0 Å². The van der Waals surface area contributed by atoms with E-state index in [-0.39, 0.29) is 16.0 Å². The Morgan fingerprint density at radius 3 is 1.97 bits per heavy atom. The second-order valence-corrected chi connectivity index (χ2v) is 11.7. The van der Waals surface area contributed by atoms with Crippen LogP contribution in [0.1, 0.15) is 73.1 Å². The number of amides is 1. The highest BCUT2D eigenvalue weighted by molar-refractivity contribution is 8.01. The summed E-state index contributed by atoms with van der Waals surface area (Å²) in [5, 5.41) is -0.230. The van der Waals surface area contributed by atoms with E-state index in [0.717, 1.165) is 23.3 Å². The lowest BCUT2D eigenvalue weighted by Gasteiger charge is -2.58. The Morgan fingerprint density at radius 1 is 1.00 bits per heavy atom. The van der Waals surface area contributed by atoms with E-state index in [2.05, 4.69) is 0 Å². The van der Waals surface area contributed by atoms with Gasteiger partial charge in [-0.2, -0.15) is 0 Å². The molecule has 7 heteroatoms. The third-order valence-electron chi connectivity index (χ3n) is 7.25. The summed E-state index contributed by atoms with van der Waals surface area (Å²) in [6, 6.07) is 0. The number of esters is 2. The Hall–Kier alpha value is -1.50. The normalized spacial score (nSPS) is 42.0. The molecule has 30 heavy (non-hydrogen) atoms. The standard InChI is InChI=1S/C23H33NO5S/c1-13-9-22(5,29-16(4)27)21(28-15(3)26)24(14(2)25)20(13)30-23-10-17-6-18(11-23)8-19(7-17)12-23/h9,17-21H,6-8,10-12H2,1-5H3/t17?,18?,19?,20-,21+,22-,23?/m1/s1. The van der Waals surface area contributed by atoms with Crippen molar-refractivity contribution in [2.75, 3.05) is 0 Å². The van der Waals surface area contributed by atoms with Crippen LogP contribution >= 0.6 is 11.8 Å². The van der Waals surface area contributed by atoms with Crippen LogP contribution in [0, 0.1) is 17.8 Å². The third kappa shape index (κ3) is 3.90. The van der Waals surface area contributed by atoms with E-state index >= 15 is 0 Å². The van der Waals surface area contributed by atoms with Crippen LogP contribution in [0.25, 0.3) is 0 Å². The fourth-order valence-electron chi connectivity index (χ4n) is 6.83. The largest absolute Gasteiger partial charge is 0.449 e. The molecule has 5 aliphatic rings. The highest BCUT2D eigenvalue weighted by Crippen LogP contribution is 2.62. The van der Waals surface area contributed by atoms with E-state index in [1.165, 1.54) is 59.3 Å². The minimum Gasteiger partial charge on any atom is -0.449 e. The molecular formula is C23H33NO5S. The fraction of sp³-hybridized carbons (Fsp3) is 0.783. The first-order chi connectivity index (χ1) is 14.0. The van der Waals surface area contributed by atoms with Gasteiger partial charge < -0.3 is 9.47 Å². The summed E-state index contributed by atoms with van der Waals surface area (Å²) in [7, 11) is 0. The van der Waals surface area contributed by atoms with Gasteiger partial charge in [-0.1, -0.05) is 0 Å². The van der Waals surface area contributed by atoms with E-state index in [4.69, 9.17) is 9.47 Å². The quantitative estimate of drug-likeness (QED) is 0.490. The van der Waals surface area contributed by atoms with Crippen LogP contribution < -0.4 is 0 Å². The van der Waals surface area contributed by atoms with Crippen molar-refractivity contribution in [3.8, 4) is 0 Å². The second kappa shape index (κ2) is 7.57. The Morgan fingerprint density at radius 2 is 1.53 bits per heavy atom. The molecule has 0 aromatic heterocycles. The maximum Gasteiger partial charge on any atom is 0.304 e. The predicted molar refractivity (Wildman–Crippen MR) is 114 cm³/mol. The maximum absolute atomic E-state index is 12.9. The molecule has 4 saturated carbocycles. The summed E-state index contributed by atoms with van der Waals surface area (Å²) in [5.74, 6) is 1.24. The van der Waals surface area contributed by atoms with E-state index in [9.17, 15) is 14.4 Å². The van der Waals surface area contributed by atoms with Gasteiger partial charge in [0.15, 0.2) is 5.60 Å². The molecular weight excluding hydrogens is 402 g/mol. The van der Waals surface area contributed by atoms with E-state index in [1.54, 1.807) is 11.8 Å². The van der Waals surface area contributed by atoms with Crippen LogP contribution in [0.2, 0.25) is 0 Å². The zero-order valence-electron chi connectivity index (χ0n) is 18.6. The minimum absolute atomic E-state index is 0.179. The molecule has 1 aliphatic heterocycles. The smallest absolute Gasteiger partial charge is 0.304 e. The molecule has 0 saturated heterocycles. The van der Waals surface area contributed by atoms with Crippen molar-refractivity contribution in [1.82, 2.24) is 4.90 Å². The van der Waals surface area contributed by atoms with Gasteiger partial charge in [0.05, 0.1) is 0 Å². The van der Waals surface area contributed by atoms with Gasteiger partial charge in [0.2, 0.25) is 12.1 Å². The van der Waals surface area contributed by atoms with Crippen molar-refractivity contribution in [3.05, 3.63) is 11.6 Å². The molecule has 0 N–H and O–H groups in total. The number of thioether (sulfide) groups is 1. The number of rotatable bonds is 4. The minimum atomic E-state index is -1.22. The van der Waals surface area contributed by atoms with Crippen molar-refractivity contribution < 1.29 is 23.9 Å². The number of nitrogens with zero attached hydrogens (tertiary/aromatic N) is 1. The Bertz CT molecular complexity index is 757. The van der Waals surface area contributed by atoms with E-state index in [0.29, 0.717) is 0 Å². The summed E-state index contributed by atoms with van der Waals surface area (Å²) in [6.07, 6.45) is 8.59. The number of hydrogen-bond acceptors (Lipinski definition) is 6. The number of ether oxygens (including phenoxy) is 2. The molecule has 0 spiro atoms. The summed E-state index contributed by atoms with van der Waals surface area (Å²) >= 11 is 1.88. The van der Waals surface area contributed by atoms with Gasteiger partial charge in [-0.15, -0.1) is 11.8 Å². The Kier molecular flexibility index (Phi) is 5.48. The topological polar surface area (TPSA) is 72.9 Å². The molecule has 0 aromatic carbocycles. The molecule has 4 fully saturated rings. The van der Waals surface area contributed by atoms with E-state index in [1.807, 2.05) is 24.8 Å². The lowest BCUT2D eigenvalue weighted by atomic mass is 9.56.